The second-order valence-corrected chi connectivity index (χ2v) is 8.53. The fraction of sp³-hybridized carbons (Fsp3) is 0.172. The van der Waals surface area contributed by atoms with Crippen molar-refractivity contribution < 1.29 is 32.2 Å². The predicted molar refractivity (Wildman–Crippen MR) is 133 cm³/mol. The molecule has 0 fully saturated rings. The van der Waals surface area contributed by atoms with Crippen LogP contribution in [0.1, 0.15) is 46.0 Å². The lowest BCUT2D eigenvalue weighted by Gasteiger charge is -2.12. The van der Waals surface area contributed by atoms with E-state index in [9.17, 15) is 27.5 Å². The maximum atomic E-state index is 13.8. The molecule has 190 valence electrons. The van der Waals surface area contributed by atoms with Gasteiger partial charge in [0.2, 0.25) is 0 Å². The van der Waals surface area contributed by atoms with Crippen LogP contribution in [0.25, 0.3) is 5.57 Å². The Kier molecular flexibility index (Phi) is 7.29. The highest BCUT2D eigenvalue weighted by Crippen LogP contribution is 2.32. The summed E-state index contributed by atoms with van der Waals surface area (Å²) < 4.78 is 58.6. The van der Waals surface area contributed by atoms with Crippen LogP contribution in [0.5, 0.6) is 11.5 Å². The lowest BCUT2D eigenvalue weighted by molar-refractivity contribution is -0.137. The summed E-state index contributed by atoms with van der Waals surface area (Å²) in [6.45, 7) is 3.62. The predicted octanol–water partition coefficient (Wildman–Crippen LogP) is 7.30. The lowest BCUT2D eigenvalue weighted by Crippen LogP contribution is -2.08. The first kappa shape index (κ1) is 25.9. The number of rotatable bonds is 7. The largest absolute Gasteiger partial charge is 0.508 e. The van der Waals surface area contributed by atoms with Gasteiger partial charge in [-0.3, -0.25) is 9.79 Å². The molecule has 37 heavy (non-hydrogen) atoms. The van der Waals surface area contributed by atoms with Gasteiger partial charge in [-0.25, -0.2) is 4.39 Å². The van der Waals surface area contributed by atoms with E-state index in [2.05, 4.69) is 4.99 Å². The van der Waals surface area contributed by atoms with E-state index in [-0.39, 0.29) is 30.1 Å². The van der Waals surface area contributed by atoms with Gasteiger partial charge in [0.25, 0.3) is 0 Å². The molecule has 0 aliphatic carbocycles. The number of ketones is 1. The molecule has 0 bridgehead atoms. The van der Waals surface area contributed by atoms with E-state index in [0.717, 1.165) is 12.1 Å². The van der Waals surface area contributed by atoms with Crippen LogP contribution >= 0.6 is 0 Å². The molecule has 0 saturated carbocycles. The van der Waals surface area contributed by atoms with Gasteiger partial charge in [-0.1, -0.05) is 24.3 Å². The minimum absolute atomic E-state index is 0.0608. The van der Waals surface area contributed by atoms with E-state index >= 15 is 0 Å². The van der Waals surface area contributed by atoms with Gasteiger partial charge in [0.1, 0.15) is 23.9 Å². The highest BCUT2D eigenvalue weighted by atomic mass is 19.4. The molecule has 8 heteroatoms. The Hall–Kier alpha value is -4.20. The Labute approximate surface area is 211 Å². The van der Waals surface area contributed by atoms with Crippen LogP contribution < -0.4 is 4.74 Å². The zero-order valence-corrected chi connectivity index (χ0v) is 20.1. The van der Waals surface area contributed by atoms with Crippen LogP contribution in [-0.2, 0) is 6.18 Å². The standard InChI is InChI=1S/C29H23F4NO3/c1-3-25(18-4-7-23(35)8-5-18)28(36)26-10-9-24(12-17(26)2)37-16-22-6-11-27(34-22)19-13-20(29(31,32)33)15-21(30)14-19/h3-10,12-15,35H,11,16H2,1-2H3/b25-3-. The fourth-order valence-electron chi connectivity index (χ4n) is 4.03. The van der Waals surface area contributed by atoms with Crippen molar-refractivity contribution in [3.63, 3.8) is 0 Å². The minimum atomic E-state index is -4.65. The average Bonchev–Trinajstić information content (AvgIpc) is 3.33. The van der Waals surface area contributed by atoms with E-state index in [0.29, 0.717) is 45.5 Å². The molecule has 0 atom stereocenters. The number of hydrogen-bond donors (Lipinski definition) is 1. The number of hydrogen-bond acceptors (Lipinski definition) is 4. The van der Waals surface area contributed by atoms with Gasteiger partial charge in [0.05, 0.1) is 17.0 Å². The second kappa shape index (κ2) is 10.4. The number of phenolic OH excluding ortho intramolecular Hbond substituents is 1. The molecule has 0 radical (unpaired) electrons. The Balaban J connectivity index is 1.44. The van der Waals surface area contributed by atoms with Gasteiger partial charge >= 0.3 is 6.18 Å². The van der Waals surface area contributed by atoms with Crippen LogP contribution in [0, 0.1) is 12.7 Å². The Morgan fingerprint density at radius 3 is 2.46 bits per heavy atom. The Morgan fingerprint density at radius 1 is 1.08 bits per heavy atom. The first-order chi connectivity index (χ1) is 17.5. The summed E-state index contributed by atoms with van der Waals surface area (Å²) in [5.41, 5.74) is 2.23. The van der Waals surface area contributed by atoms with Gasteiger partial charge in [0.15, 0.2) is 5.78 Å². The van der Waals surface area contributed by atoms with E-state index < -0.39 is 17.6 Å². The molecule has 0 saturated heterocycles. The van der Waals surface area contributed by atoms with Crippen LogP contribution in [0.15, 0.2) is 83.5 Å². The second-order valence-electron chi connectivity index (χ2n) is 8.53. The number of allylic oxidation sites excluding steroid dienone is 3. The van der Waals surface area contributed by atoms with Crippen molar-refractivity contribution >= 4 is 17.1 Å². The molecular weight excluding hydrogens is 486 g/mol. The van der Waals surface area contributed by atoms with Crippen molar-refractivity contribution in [2.75, 3.05) is 6.61 Å². The summed E-state index contributed by atoms with van der Waals surface area (Å²) in [6.07, 6.45) is -0.959. The van der Waals surface area contributed by atoms with Crippen LogP contribution in [0.2, 0.25) is 0 Å². The van der Waals surface area contributed by atoms with Crippen molar-refractivity contribution in [1.82, 2.24) is 0 Å². The molecule has 0 spiro atoms. The lowest BCUT2D eigenvalue weighted by atomic mass is 9.94. The Morgan fingerprint density at radius 2 is 1.81 bits per heavy atom. The van der Waals surface area contributed by atoms with E-state index in [4.69, 9.17) is 4.74 Å². The summed E-state index contributed by atoms with van der Waals surface area (Å²) in [7, 11) is 0. The van der Waals surface area contributed by atoms with Crippen molar-refractivity contribution in [1.29, 1.82) is 0 Å². The first-order valence-electron chi connectivity index (χ1n) is 11.4. The summed E-state index contributed by atoms with van der Waals surface area (Å²) in [4.78, 5) is 17.5. The third kappa shape index (κ3) is 5.97. The van der Waals surface area contributed by atoms with Crippen LogP contribution in [0.4, 0.5) is 17.6 Å². The summed E-state index contributed by atoms with van der Waals surface area (Å²) in [6, 6.07) is 13.8. The summed E-state index contributed by atoms with van der Waals surface area (Å²) in [5, 5.41) is 9.51. The number of benzene rings is 3. The van der Waals surface area contributed by atoms with Gasteiger partial charge in [-0.15, -0.1) is 0 Å². The minimum Gasteiger partial charge on any atom is -0.508 e. The number of halogens is 4. The molecule has 1 aliphatic heterocycles. The number of aliphatic imine (C=N–C) groups is 1. The normalized spacial score (nSPS) is 13.8. The van der Waals surface area contributed by atoms with Gasteiger partial charge in [0, 0.05) is 17.6 Å². The number of phenols is 1. The topological polar surface area (TPSA) is 58.9 Å². The van der Waals surface area contributed by atoms with E-state index in [1.807, 2.05) is 0 Å². The molecule has 1 N–H and O–H groups in total. The third-order valence-electron chi connectivity index (χ3n) is 5.91. The SMILES string of the molecule is C/C=C(\C(=O)c1ccc(OCC2=CCC(c3cc(F)cc(C(F)(F)F)c3)=N2)cc1C)c1ccc(O)cc1. The average molecular weight is 509 g/mol. The Bertz CT molecular complexity index is 1430. The summed E-state index contributed by atoms with van der Waals surface area (Å²) in [5.74, 6) is -0.539. The van der Waals surface area contributed by atoms with Crippen molar-refractivity contribution in [2.45, 2.75) is 26.4 Å². The quantitative estimate of drug-likeness (QED) is 0.207. The summed E-state index contributed by atoms with van der Waals surface area (Å²) >= 11 is 0. The molecule has 0 unspecified atom stereocenters. The third-order valence-corrected chi connectivity index (χ3v) is 5.91. The number of Topliss-reactive ketones (excluding diaryl/α,β-unsaturated/α-hetero) is 1. The number of nitrogens with zero attached hydrogens (tertiary/aromatic N) is 1. The number of carbonyl (C=O) groups excluding carboxylic acids is 1. The van der Waals surface area contributed by atoms with Crippen molar-refractivity contribution in [2.24, 2.45) is 4.99 Å². The van der Waals surface area contributed by atoms with Crippen LogP contribution in [0.3, 0.4) is 0 Å². The zero-order valence-electron chi connectivity index (χ0n) is 20.1. The molecule has 1 aliphatic rings. The van der Waals surface area contributed by atoms with E-state index in [1.165, 1.54) is 12.1 Å². The molecule has 4 rings (SSSR count). The fourth-order valence-corrected chi connectivity index (χ4v) is 4.03. The highest BCUT2D eigenvalue weighted by molar-refractivity contribution is 6.29. The highest BCUT2D eigenvalue weighted by Gasteiger charge is 2.32. The zero-order chi connectivity index (χ0) is 26.7. The smallest absolute Gasteiger partial charge is 0.416 e. The molecule has 4 nitrogen and oxygen atoms in total. The molecule has 1 heterocycles. The monoisotopic (exact) mass is 509 g/mol. The van der Waals surface area contributed by atoms with Crippen LogP contribution in [-0.4, -0.2) is 23.2 Å². The first-order valence-corrected chi connectivity index (χ1v) is 11.4. The van der Waals surface area contributed by atoms with Gasteiger partial charge in [-0.2, -0.15) is 13.2 Å². The molecule has 3 aromatic rings. The number of ether oxygens (including phenoxy) is 1. The number of carbonyl (C=O) groups is 1. The molecule has 0 amide bonds. The number of aryl methyl sites for hydroxylation is 1. The molecule has 0 aromatic heterocycles. The number of aromatic hydroxyl groups is 1. The maximum absolute atomic E-state index is 13.8. The molecular formula is C29H23F4NO3. The van der Waals surface area contributed by atoms with Crippen molar-refractivity contribution in [3.8, 4) is 11.5 Å². The van der Waals surface area contributed by atoms with Gasteiger partial charge < -0.3 is 9.84 Å². The number of alkyl halides is 3. The van der Waals surface area contributed by atoms with Crippen molar-refractivity contribution in [3.05, 3.63) is 112 Å². The molecule has 3 aromatic carbocycles. The van der Waals surface area contributed by atoms with E-state index in [1.54, 1.807) is 56.3 Å². The maximum Gasteiger partial charge on any atom is 0.416 e. The van der Waals surface area contributed by atoms with Gasteiger partial charge in [-0.05, 0) is 79.1 Å².